The Balaban J connectivity index is 1.51. The zero-order valence-electron chi connectivity index (χ0n) is 40.0. The van der Waals surface area contributed by atoms with Crippen LogP contribution in [0, 0.1) is 0 Å². The molecule has 9 aromatic rings. The molecule has 0 amide bonds. The van der Waals surface area contributed by atoms with E-state index in [1.165, 1.54) is 31.8 Å². The van der Waals surface area contributed by atoms with Crippen molar-refractivity contribution in [3.63, 3.8) is 0 Å². The Morgan fingerprint density at radius 2 is 0.343 bits per heavy atom. The number of benzene rings is 9. The van der Waals surface area contributed by atoms with Crippen molar-refractivity contribution in [3.8, 4) is 34.5 Å². The molecule has 0 atom stereocenters. The van der Waals surface area contributed by atoms with Gasteiger partial charge in [-0.05, 0) is 132 Å². The number of ether oxygens (including phenoxy) is 6. The molecule has 6 nitrogen and oxygen atoms in total. The fraction of sp³-hybridized carbons (Fsp3) is 0.100. The quantitative estimate of drug-likeness (QED) is 0.0803. The maximum atomic E-state index is 6.35. The lowest BCUT2D eigenvalue weighted by Crippen LogP contribution is -2.43. The molecule has 70 heavy (non-hydrogen) atoms. The molecule has 350 valence electrons. The highest BCUT2D eigenvalue weighted by molar-refractivity contribution is 7.89. The van der Waals surface area contributed by atoms with E-state index < -0.39 is 31.7 Å². The second kappa shape index (κ2) is 22.9. The first kappa shape index (κ1) is 48.5. The van der Waals surface area contributed by atoms with Crippen LogP contribution in [0.4, 0.5) is 0 Å². The molecule has 0 spiro atoms. The van der Waals surface area contributed by atoms with Crippen LogP contribution in [0.3, 0.4) is 0 Å². The van der Waals surface area contributed by atoms with Gasteiger partial charge in [-0.1, -0.05) is 182 Å². The van der Waals surface area contributed by atoms with Crippen LogP contribution >= 0.6 is 31.7 Å². The first-order valence-electron chi connectivity index (χ1n) is 22.8. The second-order valence-corrected chi connectivity index (χ2v) is 24.6. The molecule has 9 aromatic carbocycles. The van der Waals surface area contributed by atoms with E-state index in [1.807, 2.05) is 0 Å². The topological polar surface area (TPSA) is 55.4 Å². The van der Waals surface area contributed by atoms with Crippen LogP contribution in [0.5, 0.6) is 34.5 Å². The highest BCUT2D eigenvalue weighted by Gasteiger charge is 2.36. The van der Waals surface area contributed by atoms with Gasteiger partial charge in [-0.25, -0.2) is 0 Å². The highest BCUT2D eigenvalue weighted by Crippen LogP contribution is 2.49. The first-order valence-corrected chi connectivity index (χ1v) is 28.2. The maximum Gasteiger partial charge on any atom is 0.161 e. The smallest absolute Gasteiger partial charge is 0.161 e. The van der Waals surface area contributed by atoms with Crippen LogP contribution < -0.4 is 92.1 Å². The molecule has 0 aliphatic heterocycles. The summed E-state index contributed by atoms with van der Waals surface area (Å²) in [6.07, 6.45) is 0. The Hall–Kier alpha value is -6.50. The van der Waals surface area contributed by atoms with Gasteiger partial charge in [-0.15, -0.1) is 0 Å². The van der Waals surface area contributed by atoms with Crippen LogP contribution in [0.15, 0.2) is 218 Å². The summed E-state index contributed by atoms with van der Waals surface area (Å²) in [6.45, 7) is 0. The predicted octanol–water partition coefficient (Wildman–Crippen LogP) is 8.77. The molecule has 0 saturated heterocycles. The molecule has 0 aliphatic carbocycles. The van der Waals surface area contributed by atoms with Crippen LogP contribution in [-0.4, -0.2) is 42.7 Å². The van der Waals surface area contributed by atoms with Gasteiger partial charge < -0.3 is 28.4 Å². The van der Waals surface area contributed by atoms with Crippen LogP contribution in [0.2, 0.25) is 0 Å². The highest BCUT2D eigenvalue weighted by atomic mass is 31.1. The summed E-state index contributed by atoms with van der Waals surface area (Å²) in [5.74, 6) is 3.87. The Morgan fingerprint density at radius 1 is 0.200 bits per heavy atom. The molecule has 0 bridgehead atoms. The van der Waals surface area contributed by atoms with Crippen molar-refractivity contribution in [2.75, 3.05) is 42.7 Å². The molecule has 0 aromatic heterocycles. The lowest BCUT2D eigenvalue weighted by molar-refractivity contribution is 0.355. The van der Waals surface area contributed by atoms with E-state index in [4.69, 9.17) is 28.4 Å². The van der Waals surface area contributed by atoms with E-state index in [0.717, 1.165) is 31.8 Å². The van der Waals surface area contributed by atoms with Crippen molar-refractivity contribution < 1.29 is 28.4 Å². The molecule has 0 N–H and O–H groups in total. The van der Waals surface area contributed by atoms with Gasteiger partial charge in [0.05, 0.1) is 42.7 Å². The molecule has 9 rings (SSSR count). The fourth-order valence-corrected chi connectivity index (χ4v) is 20.0. The van der Waals surface area contributed by atoms with Crippen molar-refractivity contribution in [2.24, 2.45) is 0 Å². The number of hydrogen-bond donors (Lipinski definition) is 0. The Bertz CT molecular complexity index is 2670. The van der Waals surface area contributed by atoms with Crippen LogP contribution in [-0.2, 0) is 0 Å². The minimum absolute atomic E-state index is 0.635. The summed E-state index contributed by atoms with van der Waals surface area (Å²) < 4.78 is 37.8. The summed E-state index contributed by atoms with van der Waals surface area (Å²) in [4.78, 5) is 0. The molecular formula is C60H54O6P4. The van der Waals surface area contributed by atoms with E-state index in [1.54, 1.807) is 42.7 Å². The summed E-state index contributed by atoms with van der Waals surface area (Å²) in [6, 6.07) is 78.5. The number of rotatable bonds is 18. The molecule has 0 unspecified atom stereocenters. The van der Waals surface area contributed by atoms with Crippen molar-refractivity contribution in [1.82, 2.24) is 0 Å². The third kappa shape index (κ3) is 10.1. The van der Waals surface area contributed by atoms with E-state index >= 15 is 0 Å². The minimum Gasteiger partial charge on any atom is -0.493 e. The summed E-state index contributed by atoms with van der Waals surface area (Å²) >= 11 is 0. The summed E-state index contributed by atoms with van der Waals surface area (Å²) in [5, 5.41) is 14.0. The Kier molecular flexibility index (Phi) is 15.9. The standard InChI is InChI=1S/C60H54O6P4/c1-61-49-37-55(67(43-25-13-7-14-26-43)44-27-15-8-16-28-44)58(40-52(49)64-4)70(59-41-53(65-5)50(62-2)38-56(59)68(45-29-17-9-18-30-45)46-31-19-10-20-32-46)60-42-54(66-6)51(63-3)39-57(60)69(47-33-21-11-22-34-47)48-35-23-12-24-36-48/h7-42H,1-6H3. The molecule has 0 saturated carbocycles. The van der Waals surface area contributed by atoms with Crippen molar-refractivity contribution in [1.29, 1.82) is 0 Å². The van der Waals surface area contributed by atoms with Gasteiger partial charge in [0.2, 0.25) is 0 Å². The van der Waals surface area contributed by atoms with Gasteiger partial charge in [-0.2, -0.15) is 0 Å². The third-order valence-corrected chi connectivity index (χ3v) is 22.5. The van der Waals surface area contributed by atoms with Gasteiger partial charge in [0.25, 0.3) is 0 Å². The summed E-state index contributed by atoms with van der Waals surface area (Å²) in [7, 11) is 5.07. The molecule has 10 heteroatoms. The molecule has 0 fully saturated rings. The average Bonchev–Trinajstić information content (AvgIpc) is 3.43. The first-order chi connectivity index (χ1) is 34.5. The zero-order valence-corrected chi connectivity index (χ0v) is 43.6. The number of methoxy groups -OCH3 is 6. The second-order valence-electron chi connectivity index (χ2n) is 15.9. The molecule has 0 radical (unpaired) electrons. The molecule has 0 aliphatic rings. The largest absolute Gasteiger partial charge is 0.493 e. The lowest BCUT2D eigenvalue weighted by Gasteiger charge is -2.34. The van der Waals surface area contributed by atoms with Gasteiger partial charge in [0.15, 0.2) is 34.5 Å². The van der Waals surface area contributed by atoms with E-state index in [9.17, 15) is 0 Å². The summed E-state index contributed by atoms with van der Waals surface area (Å²) in [5.41, 5.74) is 0. The van der Waals surface area contributed by atoms with Crippen LogP contribution in [0.1, 0.15) is 0 Å². The number of hydrogen-bond acceptors (Lipinski definition) is 6. The predicted molar refractivity (Wildman–Crippen MR) is 301 cm³/mol. The van der Waals surface area contributed by atoms with E-state index in [2.05, 4.69) is 218 Å². The van der Waals surface area contributed by atoms with E-state index in [0.29, 0.717) is 34.5 Å². The SMILES string of the molecule is COc1cc(P(c2ccccc2)c2ccccc2)c(P(c2cc(OC)c(OC)cc2P(c2ccccc2)c2ccccc2)c2cc(OC)c(OC)cc2P(c2ccccc2)c2ccccc2)cc1OC. The normalized spacial score (nSPS) is 11.2. The molecule has 0 heterocycles. The van der Waals surface area contributed by atoms with Gasteiger partial charge in [-0.3, -0.25) is 0 Å². The lowest BCUT2D eigenvalue weighted by atomic mass is 10.3. The zero-order chi connectivity index (χ0) is 48.4. The fourth-order valence-electron chi connectivity index (χ4n) is 8.78. The van der Waals surface area contributed by atoms with Gasteiger partial charge in [0, 0.05) is 0 Å². The minimum atomic E-state index is -1.62. The van der Waals surface area contributed by atoms with Crippen LogP contribution in [0.25, 0.3) is 0 Å². The Labute approximate surface area is 417 Å². The van der Waals surface area contributed by atoms with Gasteiger partial charge in [0.1, 0.15) is 0 Å². The Morgan fingerprint density at radius 3 is 0.486 bits per heavy atom. The van der Waals surface area contributed by atoms with Crippen molar-refractivity contribution >= 4 is 95.3 Å². The third-order valence-electron chi connectivity index (χ3n) is 12.0. The van der Waals surface area contributed by atoms with Crippen molar-refractivity contribution in [3.05, 3.63) is 218 Å². The van der Waals surface area contributed by atoms with E-state index in [-0.39, 0.29) is 0 Å². The van der Waals surface area contributed by atoms with Gasteiger partial charge >= 0.3 is 0 Å². The average molecular weight is 995 g/mol. The molecular weight excluding hydrogens is 941 g/mol. The maximum absolute atomic E-state index is 6.35. The van der Waals surface area contributed by atoms with Crippen molar-refractivity contribution in [2.45, 2.75) is 0 Å². The monoisotopic (exact) mass is 994 g/mol.